The summed E-state index contributed by atoms with van der Waals surface area (Å²) in [7, 11) is 0. The van der Waals surface area contributed by atoms with Crippen molar-refractivity contribution in [2.45, 2.75) is 25.8 Å². The summed E-state index contributed by atoms with van der Waals surface area (Å²) < 4.78 is 5.99. The van der Waals surface area contributed by atoms with Crippen LogP contribution in [0.4, 0.5) is 0 Å². The van der Waals surface area contributed by atoms with Crippen LogP contribution in [0.3, 0.4) is 0 Å². The summed E-state index contributed by atoms with van der Waals surface area (Å²) in [5.41, 5.74) is 1.64. The molecule has 0 atom stereocenters. The zero-order valence-electron chi connectivity index (χ0n) is 14.1. The molecule has 5 heteroatoms. The van der Waals surface area contributed by atoms with E-state index >= 15 is 0 Å². The number of likely N-dealkylation sites (tertiary alicyclic amines) is 1. The number of nitrogens with zero attached hydrogens (tertiary/aromatic N) is 2. The van der Waals surface area contributed by atoms with Crippen LogP contribution in [-0.4, -0.2) is 30.4 Å². The highest BCUT2D eigenvalue weighted by Crippen LogP contribution is 2.38. The molecule has 128 valence electrons. The first-order valence-electron chi connectivity index (χ1n) is 8.75. The quantitative estimate of drug-likeness (QED) is 0.936. The molecule has 2 aromatic rings. The molecule has 2 aliphatic heterocycles. The van der Waals surface area contributed by atoms with E-state index < -0.39 is 0 Å². The van der Waals surface area contributed by atoms with Crippen molar-refractivity contribution in [1.29, 1.82) is 5.26 Å². The van der Waals surface area contributed by atoms with E-state index in [0.717, 1.165) is 56.1 Å². The maximum absolute atomic E-state index is 11.5. The fraction of sp³-hybridized carbons (Fsp3) is 0.400. The number of amides is 1. The summed E-state index contributed by atoms with van der Waals surface area (Å²) in [4.78, 5) is 13.9. The first kappa shape index (κ1) is 15.9. The lowest BCUT2D eigenvalue weighted by Crippen LogP contribution is -2.40. The molecule has 0 saturated carbocycles. The van der Waals surface area contributed by atoms with Crippen LogP contribution in [0.15, 0.2) is 40.8 Å². The van der Waals surface area contributed by atoms with Crippen LogP contribution in [0.2, 0.25) is 0 Å². The fourth-order valence-corrected chi connectivity index (χ4v) is 3.91. The van der Waals surface area contributed by atoms with Crippen LogP contribution in [0, 0.1) is 16.7 Å². The molecule has 0 aliphatic carbocycles. The minimum Gasteiger partial charge on any atom is -0.460 e. The number of carbonyl (C=O) groups excluding carboxylic acids is 1. The molecule has 1 aromatic carbocycles. The van der Waals surface area contributed by atoms with Gasteiger partial charge in [-0.2, -0.15) is 5.26 Å². The Balaban J connectivity index is 1.41. The van der Waals surface area contributed by atoms with Gasteiger partial charge in [-0.05, 0) is 55.6 Å². The number of nitrogens with one attached hydrogen (secondary N) is 1. The normalized spacial score (nSPS) is 19.7. The molecule has 2 fully saturated rings. The molecule has 1 N–H and O–H groups in total. The maximum Gasteiger partial charge on any atom is 0.220 e. The van der Waals surface area contributed by atoms with E-state index in [9.17, 15) is 10.1 Å². The number of rotatable bonds is 3. The molecule has 2 saturated heterocycles. The Bertz CT molecular complexity index is 825. The number of hydrogen-bond donors (Lipinski definition) is 1. The van der Waals surface area contributed by atoms with Crippen LogP contribution in [0.1, 0.15) is 30.6 Å². The number of hydrogen-bond acceptors (Lipinski definition) is 4. The third-order valence-electron chi connectivity index (χ3n) is 5.47. The average molecular weight is 335 g/mol. The minimum atomic E-state index is 0.174. The number of furan rings is 1. The van der Waals surface area contributed by atoms with Gasteiger partial charge < -0.3 is 9.73 Å². The van der Waals surface area contributed by atoms with Crippen LogP contribution in [0.25, 0.3) is 11.3 Å². The summed E-state index contributed by atoms with van der Waals surface area (Å²) in [5, 5.41) is 12.2. The largest absolute Gasteiger partial charge is 0.460 e. The average Bonchev–Trinajstić information content (AvgIpc) is 3.24. The second kappa shape index (κ2) is 6.38. The Morgan fingerprint density at radius 1 is 1.20 bits per heavy atom. The van der Waals surface area contributed by atoms with Gasteiger partial charge in [0.25, 0.3) is 0 Å². The van der Waals surface area contributed by atoms with Crippen molar-refractivity contribution in [1.82, 2.24) is 10.2 Å². The minimum absolute atomic E-state index is 0.174. The zero-order valence-corrected chi connectivity index (χ0v) is 14.1. The van der Waals surface area contributed by atoms with E-state index in [2.05, 4.69) is 16.3 Å². The molecule has 0 unspecified atom stereocenters. The summed E-state index contributed by atoms with van der Waals surface area (Å²) in [5.74, 6) is 1.85. The Labute approximate surface area is 147 Å². The Kier molecular flexibility index (Phi) is 4.06. The van der Waals surface area contributed by atoms with Crippen molar-refractivity contribution in [3.63, 3.8) is 0 Å². The van der Waals surface area contributed by atoms with Gasteiger partial charge in [0.05, 0.1) is 18.2 Å². The summed E-state index contributed by atoms with van der Waals surface area (Å²) in [6.07, 6.45) is 2.78. The van der Waals surface area contributed by atoms with Gasteiger partial charge in [-0.3, -0.25) is 9.69 Å². The molecule has 0 bridgehead atoms. The third-order valence-corrected chi connectivity index (χ3v) is 5.47. The van der Waals surface area contributed by atoms with Gasteiger partial charge >= 0.3 is 0 Å². The van der Waals surface area contributed by atoms with E-state index in [1.807, 2.05) is 30.3 Å². The van der Waals surface area contributed by atoms with Crippen molar-refractivity contribution < 1.29 is 9.21 Å². The SMILES string of the molecule is N#Cc1ccccc1-c1ccc(CN2CCC3(CC2)CNC(=O)C3)o1. The standard InChI is InChI=1S/C20H21N3O2/c21-12-15-3-1-2-4-17(15)18-6-5-16(25-18)13-23-9-7-20(8-10-23)11-19(24)22-14-20/h1-6H,7-11,13-14H2,(H,22,24). The molecule has 0 radical (unpaired) electrons. The van der Waals surface area contributed by atoms with Gasteiger partial charge in [0.1, 0.15) is 11.5 Å². The van der Waals surface area contributed by atoms with Crippen LogP contribution >= 0.6 is 0 Å². The number of piperidine rings is 1. The lowest BCUT2D eigenvalue weighted by Gasteiger charge is -2.37. The second-order valence-electron chi connectivity index (χ2n) is 7.15. The van der Waals surface area contributed by atoms with E-state index in [1.165, 1.54) is 0 Å². The van der Waals surface area contributed by atoms with Gasteiger partial charge in [-0.25, -0.2) is 0 Å². The molecule has 1 spiro atoms. The van der Waals surface area contributed by atoms with Crippen molar-refractivity contribution in [2.24, 2.45) is 5.41 Å². The van der Waals surface area contributed by atoms with Gasteiger partial charge in [0, 0.05) is 18.5 Å². The lowest BCUT2D eigenvalue weighted by atomic mass is 9.77. The molecular weight excluding hydrogens is 314 g/mol. The van der Waals surface area contributed by atoms with Crippen molar-refractivity contribution in [3.05, 3.63) is 47.7 Å². The van der Waals surface area contributed by atoms with Gasteiger partial charge in [0.2, 0.25) is 5.91 Å². The summed E-state index contributed by atoms with van der Waals surface area (Å²) in [6, 6.07) is 13.6. The van der Waals surface area contributed by atoms with Crippen LogP contribution in [-0.2, 0) is 11.3 Å². The lowest BCUT2D eigenvalue weighted by molar-refractivity contribution is -0.119. The summed E-state index contributed by atoms with van der Waals surface area (Å²) >= 11 is 0. The molecule has 1 aromatic heterocycles. The number of carbonyl (C=O) groups is 1. The highest BCUT2D eigenvalue weighted by atomic mass is 16.3. The van der Waals surface area contributed by atoms with Crippen LogP contribution < -0.4 is 5.32 Å². The predicted molar refractivity (Wildman–Crippen MR) is 93.4 cm³/mol. The maximum atomic E-state index is 11.5. The van der Waals surface area contributed by atoms with Crippen molar-refractivity contribution >= 4 is 5.91 Å². The molecule has 4 rings (SSSR count). The summed E-state index contributed by atoms with van der Waals surface area (Å²) in [6.45, 7) is 3.57. The Hall–Kier alpha value is -2.58. The van der Waals surface area contributed by atoms with Gasteiger partial charge in [-0.15, -0.1) is 0 Å². The third kappa shape index (κ3) is 3.18. The van der Waals surface area contributed by atoms with Crippen LogP contribution in [0.5, 0.6) is 0 Å². The van der Waals surface area contributed by atoms with Crippen molar-refractivity contribution in [2.75, 3.05) is 19.6 Å². The number of benzene rings is 1. The Morgan fingerprint density at radius 2 is 2.00 bits per heavy atom. The van der Waals surface area contributed by atoms with E-state index in [1.54, 1.807) is 6.07 Å². The fourth-order valence-electron chi connectivity index (χ4n) is 3.91. The molecular formula is C20H21N3O2. The van der Waals surface area contributed by atoms with E-state index in [4.69, 9.17) is 4.42 Å². The molecule has 3 heterocycles. The zero-order chi connectivity index (χ0) is 17.3. The molecule has 1 amide bonds. The highest BCUT2D eigenvalue weighted by molar-refractivity contribution is 5.79. The smallest absolute Gasteiger partial charge is 0.220 e. The van der Waals surface area contributed by atoms with E-state index in [-0.39, 0.29) is 11.3 Å². The monoisotopic (exact) mass is 335 g/mol. The van der Waals surface area contributed by atoms with Crippen molar-refractivity contribution in [3.8, 4) is 17.4 Å². The number of nitriles is 1. The molecule has 2 aliphatic rings. The highest BCUT2D eigenvalue weighted by Gasteiger charge is 2.40. The topological polar surface area (TPSA) is 69.3 Å². The second-order valence-corrected chi connectivity index (χ2v) is 7.15. The molecule has 5 nitrogen and oxygen atoms in total. The van der Waals surface area contributed by atoms with Gasteiger partial charge in [-0.1, -0.05) is 12.1 Å². The molecule has 25 heavy (non-hydrogen) atoms. The Morgan fingerprint density at radius 3 is 2.72 bits per heavy atom. The predicted octanol–water partition coefficient (Wildman–Crippen LogP) is 2.92. The van der Waals surface area contributed by atoms with E-state index in [0.29, 0.717) is 12.0 Å². The van der Waals surface area contributed by atoms with Gasteiger partial charge in [0.15, 0.2) is 0 Å². The first-order valence-corrected chi connectivity index (χ1v) is 8.75. The first-order chi connectivity index (χ1) is 12.2.